The minimum atomic E-state index is -0.390. The number of fused-ring (bicyclic) bond motifs is 2. The van der Waals surface area contributed by atoms with Crippen molar-refractivity contribution >= 4 is 23.2 Å². The lowest BCUT2D eigenvalue weighted by molar-refractivity contribution is -0.282. The lowest BCUT2D eigenvalue weighted by Crippen LogP contribution is -2.81. The van der Waals surface area contributed by atoms with E-state index in [9.17, 15) is 0 Å². The van der Waals surface area contributed by atoms with E-state index in [0.29, 0.717) is 29.3 Å². The van der Waals surface area contributed by atoms with Gasteiger partial charge in [0.25, 0.3) is 0 Å². The molecule has 2 unspecified atom stereocenters. The predicted molar refractivity (Wildman–Crippen MR) is 139 cm³/mol. The van der Waals surface area contributed by atoms with E-state index in [-0.39, 0.29) is 22.9 Å². The number of hydrogen-bond acceptors (Lipinski definition) is 5. The number of methoxy groups -OCH3 is 2. The van der Waals surface area contributed by atoms with Gasteiger partial charge in [0, 0.05) is 35.5 Å². The maximum Gasteiger partial charge on any atom is 0.165 e. The molecular formula is C29H33Cl2NO4. The van der Waals surface area contributed by atoms with E-state index < -0.39 is 5.60 Å². The zero-order valence-corrected chi connectivity index (χ0v) is 22.6. The first kappa shape index (κ1) is 23.6. The van der Waals surface area contributed by atoms with E-state index in [1.807, 2.05) is 25.3 Å². The minimum Gasteiger partial charge on any atom is -0.493 e. The van der Waals surface area contributed by atoms with Crippen molar-refractivity contribution in [2.45, 2.75) is 61.9 Å². The summed E-state index contributed by atoms with van der Waals surface area (Å²) in [5.41, 5.74) is 3.61. The molecule has 4 aliphatic carbocycles. The van der Waals surface area contributed by atoms with Gasteiger partial charge in [-0.1, -0.05) is 35.3 Å². The van der Waals surface area contributed by atoms with E-state index in [1.54, 1.807) is 7.11 Å². The SMILES string of the molecule is COc1ccc2c3c1O[C@@H]1C34CCN(C)[C@H](C2)C42CC[C@@]1(OC)[C@@H](COCc1ccc(Cl)c(Cl)c1)C2. The molecule has 5 nitrogen and oxygen atoms in total. The van der Waals surface area contributed by atoms with Crippen LogP contribution >= 0.6 is 23.2 Å². The first-order valence-electron chi connectivity index (χ1n) is 13.0. The first-order valence-corrected chi connectivity index (χ1v) is 13.8. The molecule has 2 aromatic rings. The Hall–Kier alpha value is -1.50. The van der Waals surface area contributed by atoms with Crippen LogP contribution in [0.3, 0.4) is 0 Å². The molecule has 192 valence electrons. The Balaban J connectivity index is 1.29. The summed E-state index contributed by atoms with van der Waals surface area (Å²) >= 11 is 12.3. The van der Waals surface area contributed by atoms with Gasteiger partial charge in [0.2, 0.25) is 0 Å². The summed E-state index contributed by atoms with van der Waals surface area (Å²) in [7, 11) is 5.94. The third-order valence-electron chi connectivity index (χ3n) is 10.5. The summed E-state index contributed by atoms with van der Waals surface area (Å²) in [6.07, 6.45) is 5.38. The van der Waals surface area contributed by atoms with Crippen LogP contribution in [-0.4, -0.2) is 57.1 Å². The summed E-state index contributed by atoms with van der Waals surface area (Å²) in [5, 5.41) is 1.12. The highest BCUT2D eigenvalue weighted by molar-refractivity contribution is 6.42. The molecule has 3 saturated carbocycles. The highest BCUT2D eigenvalue weighted by atomic mass is 35.5. The van der Waals surface area contributed by atoms with Gasteiger partial charge in [-0.15, -0.1) is 0 Å². The zero-order valence-electron chi connectivity index (χ0n) is 21.1. The molecule has 8 rings (SSSR count). The predicted octanol–water partition coefficient (Wildman–Crippen LogP) is 5.66. The third kappa shape index (κ3) is 2.74. The average molecular weight is 530 g/mol. The van der Waals surface area contributed by atoms with Crippen LogP contribution in [0.15, 0.2) is 30.3 Å². The van der Waals surface area contributed by atoms with Crippen molar-refractivity contribution in [2.24, 2.45) is 11.3 Å². The number of hydrogen-bond donors (Lipinski definition) is 0. The average Bonchev–Trinajstić information content (AvgIpc) is 3.25. The fourth-order valence-electron chi connectivity index (χ4n) is 9.12. The number of ether oxygens (including phenoxy) is 4. The Labute approximate surface area is 222 Å². The third-order valence-corrected chi connectivity index (χ3v) is 11.3. The smallest absolute Gasteiger partial charge is 0.165 e. The topological polar surface area (TPSA) is 40.2 Å². The lowest BCUT2D eigenvalue weighted by atomic mass is 9.35. The molecule has 7 heteroatoms. The number of halogens is 2. The molecule has 4 fully saturated rings. The molecule has 2 spiro atoms. The van der Waals surface area contributed by atoms with Gasteiger partial charge in [-0.25, -0.2) is 0 Å². The highest BCUT2D eigenvalue weighted by Crippen LogP contribution is 2.76. The number of rotatable bonds is 6. The summed E-state index contributed by atoms with van der Waals surface area (Å²) in [5.74, 6) is 2.06. The van der Waals surface area contributed by atoms with Crippen molar-refractivity contribution in [3.8, 4) is 11.5 Å². The highest BCUT2D eigenvalue weighted by Gasteiger charge is 2.80. The largest absolute Gasteiger partial charge is 0.493 e. The molecule has 2 heterocycles. The summed E-state index contributed by atoms with van der Waals surface area (Å²) in [6.45, 7) is 2.21. The van der Waals surface area contributed by atoms with Gasteiger partial charge < -0.3 is 23.8 Å². The monoisotopic (exact) mass is 529 g/mol. The lowest BCUT2D eigenvalue weighted by Gasteiger charge is -2.73. The van der Waals surface area contributed by atoms with Crippen molar-refractivity contribution in [3.63, 3.8) is 0 Å². The van der Waals surface area contributed by atoms with Gasteiger partial charge in [-0.3, -0.25) is 0 Å². The van der Waals surface area contributed by atoms with Gasteiger partial charge in [-0.2, -0.15) is 0 Å². The van der Waals surface area contributed by atoms with Crippen molar-refractivity contribution in [1.29, 1.82) is 0 Å². The zero-order chi connectivity index (χ0) is 24.9. The minimum absolute atomic E-state index is 0.0300. The molecule has 2 aromatic carbocycles. The molecule has 0 radical (unpaired) electrons. The molecule has 0 amide bonds. The normalized spacial score (nSPS) is 37.5. The fraction of sp³-hybridized carbons (Fsp3) is 0.586. The van der Waals surface area contributed by atoms with Crippen LogP contribution in [0.1, 0.15) is 42.4 Å². The maximum absolute atomic E-state index is 7.03. The van der Waals surface area contributed by atoms with Crippen molar-refractivity contribution < 1.29 is 18.9 Å². The molecule has 6 atom stereocenters. The summed E-state index contributed by atoms with van der Waals surface area (Å²) < 4.78 is 25.8. The molecule has 36 heavy (non-hydrogen) atoms. The molecular weight excluding hydrogens is 497 g/mol. The number of piperidine rings is 1. The standard InChI is InChI=1S/C29H33Cl2NO4/c1-32-11-10-28-24-18-5-7-22(33-2)25(24)36-26(28)29(34-3)9-8-27(28,23(32)13-18)14-19(29)16-35-15-17-4-6-20(30)21(31)12-17/h4-7,12,19,23,26H,8-11,13-16H2,1-3H3/t19-,23-,26-,27?,28?,29-/m1/s1. The Morgan fingerprint density at radius 3 is 2.72 bits per heavy atom. The van der Waals surface area contributed by atoms with E-state index in [0.717, 1.165) is 55.7 Å². The first-order chi connectivity index (χ1) is 17.4. The molecule has 6 aliphatic rings. The Morgan fingerprint density at radius 1 is 1.08 bits per heavy atom. The number of benzene rings is 2. The Bertz CT molecular complexity index is 1240. The van der Waals surface area contributed by atoms with Crippen LogP contribution in [0.5, 0.6) is 11.5 Å². The maximum atomic E-state index is 7.03. The van der Waals surface area contributed by atoms with Gasteiger partial charge in [0.1, 0.15) is 11.7 Å². The van der Waals surface area contributed by atoms with Crippen LogP contribution in [0.25, 0.3) is 0 Å². The number of nitrogens with zero attached hydrogens (tertiary/aromatic N) is 1. The van der Waals surface area contributed by atoms with Crippen molar-refractivity contribution in [2.75, 3.05) is 34.4 Å². The van der Waals surface area contributed by atoms with Crippen LogP contribution in [-0.2, 0) is 27.9 Å². The van der Waals surface area contributed by atoms with E-state index in [1.165, 1.54) is 11.1 Å². The summed E-state index contributed by atoms with van der Waals surface area (Å²) in [6, 6.07) is 10.6. The number of likely N-dealkylation sites (N-methyl/N-ethyl adjacent to an activating group) is 1. The molecule has 2 aliphatic heterocycles. The summed E-state index contributed by atoms with van der Waals surface area (Å²) in [4.78, 5) is 2.62. The molecule has 0 aromatic heterocycles. The molecule has 1 saturated heterocycles. The number of likely N-dealkylation sites (tertiary alicyclic amines) is 1. The second-order valence-corrected chi connectivity index (χ2v) is 12.3. The van der Waals surface area contributed by atoms with Crippen LogP contribution in [0.4, 0.5) is 0 Å². The molecule has 4 bridgehead atoms. The second-order valence-electron chi connectivity index (χ2n) is 11.5. The Kier molecular flexibility index (Phi) is 5.25. The van der Waals surface area contributed by atoms with Gasteiger partial charge in [-0.05, 0) is 75.0 Å². The van der Waals surface area contributed by atoms with E-state index >= 15 is 0 Å². The molecule has 0 N–H and O–H groups in total. The van der Waals surface area contributed by atoms with Crippen LogP contribution < -0.4 is 9.47 Å². The van der Waals surface area contributed by atoms with Crippen LogP contribution in [0, 0.1) is 11.3 Å². The second kappa shape index (κ2) is 8.00. The quantitative estimate of drug-likeness (QED) is 0.482. The van der Waals surface area contributed by atoms with Crippen molar-refractivity contribution in [1.82, 2.24) is 4.90 Å². The van der Waals surface area contributed by atoms with Crippen molar-refractivity contribution in [3.05, 3.63) is 57.1 Å². The van der Waals surface area contributed by atoms with Crippen LogP contribution in [0.2, 0.25) is 10.0 Å². The van der Waals surface area contributed by atoms with E-state index in [4.69, 9.17) is 42.1 Å². The van der Waals surface area contributed by atoms with Gasteiger partial charge >= 0.3 is 0 Å². The van der Waals surface area contributed by atoms with E-state index in [2.05, 4.69) is 24.1 Å². The van der Waals surface area contributed by atoms with Gasteiger partial charge in [0.15, 0.2) is 11.5 Å². The Morgan fingerprint density at radius 2 is 1.94 bits per heavy atom. The van der Waals surface area contributed by atoms with Gasteiger partial charge in [0.05, 0.1) is 30.4 Å². The fourth-order valence-corrected chi connectivity index (χ4v) is 9.44.